The van der Waals surface area contributed by atoms with Gasteiger partial charge in [0.1, 0.15) is 5.82 Å². The van der Waals surface area contributed by atoms with Gasteiger partial charge < -0.3 is 9.88 Å². The van der Waals surface area contributed by atoms with Crippen LogP contribution in [0.4, 0.5) is 10.1 Å². The molecule has 154 valence electrons. The third kappa shape index (κ3) is 4.77. The molecule has 4 rings (SSSR count). The Labute approximate surface area is 180 Å². The number of para-hydroxylation sites is 1. The molecule has 3 aromatic rings. The lowest BCUT2D eigenvalue weighted by molar-refractivity contribution is 0.0964. The van der Waals surface area contributed by atoms with E-state index >= 15 is 0 Å². The fraction of sp³-hybridized carbons (Fsp3) is 0.318. The molecule has 2 heterocycles. The van der Waals surface area contributed by atoms with E-state index in [4.69, 9.17) is 0 Å². The summed E-state index contributed by atoms with van der Waals surface area (Å²) in [4.78, 5) is 21.8. The molecule has 1 aliphatic rings. The minimum Gasteiger partial charge on any atom is -0.368 e. The number of carbonyl (C=O) groups is 1. The molecular formula is C22H25ClFN3OS. The van der Waals surface area contributed by atoms with E-state index in [0.29, 0.717) is 17.4 Å². The Morgan fingerprint density at radius 2 is 1.90 bits per heavy atom. The van der Waals surface area contributed by atoms with Crippen LogP contribution in [0.15, 0.2) is 53.6 Å². The number of anilines is 1. The van der Waals surface area contributed by atoms with Gasteiger partial charge >= 0.3 is 0 Å². The predicted molar refractivity (Wildman–Crippen MR) is 121 cm³/mol. The number of piperazine rings is 1. The molecule has 0 spiro atoms. The maximum absolute atomic E-state index is 13.5. The van der Waals surface area contributed by atoms with Crippen LogP contribution in [0.25, 0.3) is 10.9 Å². The number of rotatable bonds is 6. The van der Waals surface area contributed by atoms with Crippen LogP contribution < -0.4 is 4.90 Å². The zero-order chi connectivity index (χ0) is 19.5. The highest BCUT2D eigenvalue weighted by molar-refractivity contribution is 7.98. The summed E-state index contributed by atoms with van der Waals surface area (Å²) in [6.45, 7) is 4.55. The lowest BCUT2D eigenvalue weighted by Crippen LogP contribution is -2.47. The predicted octanol–water partition coefficient (Wildman–Crippen LogP) is 4.85. The zero-order valence-corrected chi connectivity index (χ0v) is 18.0. The molecule has 1 fully saturated rings. The summed E-state index contributed by atoms with van der Waals surface area (Å²) >= 11 is 1.77. The average molecular weight is 434 g/mol. The van der Waals surface area contributed by atoms with Gasteiger partial charge in [0.25, 0.3) is 0 Å². The van der Waals surface area contributed by atoms with Crippen molar-refractivity contribution in [2.75, 3.05) is 43.9 Å². The first kappa shape index (κ1) is 21.7. The van der Waals surface area contributed by atoms with Crippen molar-refractivity contribution in [1.82, 2.24) is 9.88 Å². The van der Waals surface area contributed by atoms with E-state index in [0.717, 1.165) is 38.2 Å². The number of hydrogen-bond acceptors (Lipinski definition) is 4. The lowest BCUT2D eigenvalue weighted by Gasteiger charge is -2.36. The Bertz CT molecular complexity index is 985. The maximum Gasteiger partial charge on any atom is 0.166 e. The minimum absolute atomic E-state index is 0. The third-order valence-corrected chi connectivity index (χ3v) is 6.18. The quantitative estimate of drug-likeness (QED) is 0.445. The van der Waals surface area contributed by atoms with E-state index in [2.05, 4.69) is 45.3 Å². The van der Waals surface area contributed by atoms with Gasteiger partial charge in [-0.1, -0.05) is 12.1 Å². The smallest absolute Gasteiger partial charge is 0.166 e. The van der Waals surface area contributed by atoms with Gasteiger partial charge in [-0.05, 0) is 36.6 Å². The number of ketones is 1. The number of nitrogens with one attached hydrogen (secondary N) is 1. The molecule has 0 saturated carbocycles. The maximum atomic E-state index is 13.5. The number of aromatic amines is 1. The van der Waals surface area contributed by atoms with E-state index in [1.165, 1.54) is 22.7 Å². The second-order valence-electron chi connectivity index (χ2n) is 7.07. The SMILES string of the molecule is CSc1ccccc1N1CCN(CCC(=O)c2c[nH]c3ccc(F)cc23)CC1.Cl. The molecule has 0 radical (unpaired) electrons. The number of fused-ring (bicyclic) bond motifs is 1. The van der Waals surface area contributed by atoms with Gasteiger partial charge in [0.15, 0.2) is 5.78 Å². The van der Waals surface area contributed by atoms with Crippen molar-refractivity contribution in [3.05, 3.63) is 60.0 Å². The van der Waals surface area contributed by atoms with Crippen molar-refractivity contribution >= 4 is 46.5 Å². The highest BCUT2D eigenvalue weighted by Gasteiger charge is 2.20. The fourth-order valence-electron chi connectivity index (χ4n) is 3.82. The Balaban J connectivity index is 0.00000240. The molecular weight excluding hydrogens is 409 g/mol. The Kier molecular flexibility index (Phi) is 7.22. The Hall–Kier alpha value is -2.02. The normalized spacial score (nSPS) is 14.8. The van der Waals surface area contributed by atoms with Gasteiger partial charge in [-0.25, -0.2) is 4.39 Å². The van der Waals surface area contributed by atoms with Crippen LogP contribution in [0.5, 0.6) is 0 Å². The molecule has 0 bridgehead atoms. The fourth-order valence-corrected chi connectivity index (χ4v) is 4.44. The number of Topliss-reactive ketones (excluding diaryl/α,β-unsaturated/α-hetero) is 1. The first-order valence-electron chi connectivity index (χ1n) is 9.56. The summed E-state index contributed by atoms with van der Waals surface area (Å²) in [7, 11) is 0. The molecule has 0 unspecified atom stereocenters. The summed E-state index contributed by atoms with van der Waals surface area (Å²) in [6.07, 6.45) is 4.26. The second-order valence-corrected chi connectivity index (χ2v) is 7.91. The van der Waals surface area contributed by atoms with E-state index in [1.807, 2.05) is 0 Å². The van der Waals surface area contributed by atoms with E-state index in [9.17, 15) is 9.18 Å². The Morgan fingerprint density at radius 3 is 2.66 bits per heavy atom. The van der Waals surface area contributed by atoms with Crippen LogP contribution in [-0.4, -0.2) is 54.6 Å². The van der Waals surface area contributed by atoms with Crippen LogP contribution in [0.1, 0.15) is 16.8 Å². The van der Waals surface area contributed by atoms with Crippen molar-refractivity contribution < 1.29 is 9.18 Å². The van der Waals surface area contributed by atoms with Gasteiger partial charge in [-0.15, -0.1) is 24.2 Å². The molecule has 1 N–H and O–H groups in total. The average Bonchev–Trinajstić information content (AvgIpc) is 3.15. The first-order chi connectivity index (χ1) is 13.7. The van der Waals surface area contributed by atoms with Crippen molar-refractivity contribution in [3.8, 4) is 0 Å². The summed E-state index contributed by atoms with van der Waals surface area (Å²) in [5, 5.41) is 0.670. The second kappa shape index (κ2) is 9.65. The summed E-state index contributed by atoms with van der Waals surface area (Å²) in [6, 6.07) is 13.0. The minimum atomic E-state index is -0.317. The molecule has 1 aliphatic heterocycles. The number of nitrogens with zero attached hydrogens (tertiary/aromatic N) is 2. The van der Waals surface area contributed by atoms with Gasteiger partial charge in [0.2, 0.25) is 0 Å². The standard InChI is InChI=1S/C22H24FN3OS.ClH/c1-28-22-5-3-2-4-20(22)26-12-10-25(11-13-26)9-8-21(27)18-15-24-19-7-6-16(23)14-17(18)19;/h2-7,14-15,24H,8-13H2,1H3;1H. The number of carbonyl (C=O) groups excluding carboxylic acids is 1. The van der Waals surface area contributed by atoms with Crippen LogP contribution in [0, 0.1) is 5.82 Å². The Morgan fingerprint density at radius 1 is 1.14 bits per heavy atom. The molecule has 2 aromatic carbocycles. The molecule has 0 atom stereocenters. The lowest BCUT2D eigenvalue weighted by atomic mass is 10.1. The van der Waals surface area contributed by atoms with Crippen LogP contribution in [0.3, 0.4) is 0 Å². The molecule has 4 nitrogen and oxygen atoms in total. The molecule has 1 aromatic heterocycles. The van der Waals surface area contributed by atoms with E-state index < -0.39 is 0 Å². The van der Waals surface area contributed by atoms with E-state index in [-0.39, 0.29) is 24.0 Å². The zero-order valence-electron chi connectivity index (χ0n) is 16.4. The summed E-state index contributed by atoms with van der Waals surface area (Å²) < 4.78 is 13.5. The van der Waals surface area contributed by atoms with Crippen LogP contribution >= 0.6 is 24.2 Å². The monoisotopic (exact) mass is 433 g/mol. The van der Waals surface area contributed by atoms with Gasteiger partial charge in [0, 0.05) is 66.7 Å². The topological polar surface area (TPSA) is 39.3 Å². The number of H-pyrrole nitrogens is 1. The molecule has 0 amide bonds. The molecule has 0 aliphatic carbocycles. The van der Waals surface area contributed by atoms with Crippen molar-refractivity contribution in [2.45, 2.75) is 11.3 Å². The number of aromatic nitrogens is 1. The molecule has 29 heavy (non-hydrogen) atoms. The number of thioether (sulfide) groups is 1. The highest BCUT2D eigenvalue weighted by atomic mass is 35.5. The van der Waals surface area contributed by atoms with Gasteiger partial charge in [-0.2, -0.15) is 0 Å². The van der Waals surface area contributed by atoms with Crippen molar-refractivity contribution in [2.24, 2.45) is 0 Å². The summed E-state index contributed by atoms with van der Waals surface area (Å²) in [5.41, 5.74) is 2.68. The summed E-state index contributed by atoms with van der Waals surface area (Å²) in [5.74, 6) is -0.255. The van der Waals surface area contributed by atoms with Gasteiger partial charge in [0.05, 0.1) is 5.69 Å². The molecule has 7 heteroatoms. The van der Waals surface area contributed by atoms with Crippen molar-refractivity contribution in [1.29, 1.82) is 0 Å². The first-order valence-corrected chi connectivity index (χ1v) is 10.8. The van der Waals surface area contributed by atoms with Crippen molar-refractivity contribution in [3.63, 3.8) is 0 Å². The third-order valence-electron chi connectivity index (χ3n) is 5.40. The van der Waals surface area contributed by atoms with Crippen LogP contribution in [-0.2, 0) is 0 Å². The van der Waals surface area contributed by atoms with Gasteiger partial charge in [-0.3, -0.25) is 9.69 Å². The number of benzene rings is 2. The van der Waals surface area contributed by atoms with Crippen LogP contribution in [0.2, 0.25) is 0 Å². The largest absolute Gasteiger partial charge is 0.368 e. The van der Waals surface area contributed by atoms with E-state index in [1.54, 1.807) is 24.0 Å². The number of halogens is 2. The molecule has 1 saturated heterocycles. The number of hydrogen-bond donors (Lipinski definition) is 1. The highest BCUT2D eigenvalue weighted by Crippen LogP contribution is 2.29.